The summed E-state index contributed by atoms with van der Waals surface area (Å²) in [5, 5.41) is 6.42. The molecule has 4 heteroatoms. The molecule has 1 unspecified atom stereocenters. The summed E-state index contributed by atoms with van der Waals surface area (Å²) in [6.07, 6.45) is 1.85. The van der Waals surface area contributed by atoms with Crippen molar-refractivity contribution >= 4 is 24.0 Å². The lowest BCUT2D eigenvalue weighted by Gasteiger charge is -2.16. The summed E-state index contributed by atoms with van der Waals surface area (Å²) in [4.78, 5) is 12.4. The molecule has 3 nitrogen and oxygen atoms in total. The van der Waals surface area contributed by atoms with E-state index in [1.54, 1.807) is 0 Å². The first-order valence-corrected chi connectivity index (χ1v) is 7.85. The number of amides is 1. The molecule has 3 rings (SSSR count). The van der Waals surface area contributed by atoms with Crippen LogP contribution in [-0.2, 0) is 12.8 Å². The zero-order valence-corrected chi connectivity index (χ0v) is 14.4. The van der Waals surface area contributed by atoms with Gasteiger partial charge in [0.2, 0.25) is 0 Å². The van der Waals surface area contributed by atoms with E-state index in [9.17, 15) is 4.79 Å². The van der Waals surface area contributed by atoms with E-state index in [1.165, 1.54) is 16.7 Å². The molecule has 2 aromatic rings. The SMILES string of the molecule is Cc1ccccc1CC(C)NC(=O)c1ccc2c(c1)CCN2.Cl. The van der Waals surface area contributed by atoms with Crippen molar-refractivity contribution in [1.29, 1.82) is 0 Å². The zero-order valence-electron chi connectivity index (χ0n) is 13.6. The lowest BCUT2D eigenvalue weighted by Crippen LogP contribution is -2.34. The molecular formula is C19H23ClN2O. The van der Waals surface area contributed by atoms with Gasteiger partial charge in [0, 0.05) is 23.8 Å². The topological polar surface area (TPSA) is 41.1 Å². The van der Waals surface area contributed by atoms with Gasteiger partial charge in [0.25, 0.3) is 5.91 Å². The first kappa shape index (κ1) is 17.4. The highest BCUT2D eigenvalue weighted by Gasteiger charge is 2.15. The lowest BCUT2D eigenvalue weighted by molar-refractivity contribution is 0.0940. The highest BCUT2D eigenvalue weighted by Crippen LogP contribution is 2.23. The third-order valence-electron chi connectivity index (χ3n) is 4.24. The third kappa shape index (κ3) is 4.05. The molecule has 0 saturated heterocycles. The fourth-order valence-corrected chi connectivity index (χ4v) is 2.97. The number of halogens is 1. The van der Waals surface area contributed by atoms with Gasteiger partial charge >= 0.3 is 0 Å². The molecule has 2 aromatic carbocycles. The Balaban J connectivity index is 0.00000192. The van der Waals surface area contributed by atoms with E-state index in [2.05, 4.69) is 36.6 Å². The molecule has 0 spiro atoms. The molecule has 2 N–H and O–H groups in total. The molecule has 0 radical (unpaired) electrons. The van der Waals surface area contributed by atoms with Crippen LogP contribution in [0.25, 0.3) is 0 Å². The van der Waals surface area contributed by atoms with Gasteiger partial charge < -0.3 is 10.6 Å². The average molecular weight is 331 g/mol. The van der Waals surface area contributed by atoms with Crippen LogP contribution < -0.4 is 10.6 Å². The Kier molecular flexibility index (Phi) is 5.67. The number of nitrogens with one attached hydrogen (secondary N) is 2. The van der Waals surface area contributed by atoms with Gasteiger partial charge in [0.05, 0.1) is 0 Å². The first-order chi connectivity index (χ1) is 10.6. The summed E-state index contributed by atoms with van der Waals surface area (Å²) >= 11 is 0. The van der Waals surface area contributed by atoms with Gasteiger partial charge in [0.15, 0.2) is 0 Å². The van der Waals surface area contributed by atoms with Gasteiger partial charge in [-0.1, -0.05) is 24.3 Å². The van der Waals surface area contributed by atoms with Crippen molar-refractivity contribution in [2.24, 2.45) is 0 Å². The smallest absolute Gasteiger partial charge is 0.251 e. The third-order valence-corrected chi connectivity index (χ3v) is 4.24. The van der Waals surface area contributed by atoms with Crippen LogP contribution >= 0.6 is 12.4 Å². The number of rotatable bonds is 4. The Labute approximate surface area is 143 Å². The number of hydrogen-bond acceptors (Lipinski definition) is 2. The molecule has 1 aliphatic heterocycles. The van der Waals surface area contributed by atoms with Gasteiger partial charge in [-0.15, -0.1) is 12.4 Å². The largest absolute Gasteiger partial charge is 0.384 e. The minimum Gasteiger partial charge on any atom is -0.384 e. The first-order valence-electron chi connectivity index (χ1n) is 7.85. The van der Waals surface area contributed by atoms with Gasteiger partial charge in [-0.3, -0.25) is 4.79 Å². The van der Waals surface area contributed by atoms with Crippen LogP contribution in [0.3, 0.4) is 0 Å². The number of carbonyl (C=O) groups excluding carboxylic acids is 1. The molecule has 1 amide bonds. The second-order valence-corrected chi connectivity index (χ2v) is 6.05. The average Bonchev–Trinajstić information content (AvgIpc) is 2.97. The predicted molar refractivity (Wildman–Crippen MR) is 97.7 cm³/mol. The van der Waals surface area contributed by atoms with Crippen molar-refractivity contribution in [3.8, 4) is 0 Å². The molecule has 0 aliphatic carbocycles. The number of hydrogen-bond donors (Lipinski definition) is 2. The lowest BCUT2D eigenvalue weighted by atomic mass is 10.0. The van der Waals surface area contributed by atoms with Gasteiger partial charge in [0.1, 0.15) is 0 Å². The standard InChI is InChI=1S/C19H22N2O.ClH/c1-13-5-3-4-6-15(13)11-14(2)21-19(22)17-7-8-18-16(12-17)9-10-20-18;/h3-8,12,14,20H,9-11H2,1-2H3,(H,21,22);1H. The minimum atomic E-state index is 0. The maximum atomic E-state index is 12.4. The van der Waals surface area contributed by atoms with Crippen molar-refractivity contribution in [2.45, 2.75) is 32.7 Å². The van der Waals surface area contributed by atoms with E-state index in [4.69, 9.17) is 0 Å². The summed E-state index contributed by atoms with van der Waals surface area (Å²) in [6.45, 7) is 5.13. The molecule has 1 atom stereocenters. The molecule has 0 aromatic heterocycles. The highest BCUT2D eigenvalue weighted by molar-refractivity contribution is 5.95. The van der Waals surface area contributed by atoms with Gasteiger partial charge in [-0.05, 0) is 61.6 Å². The fourth-order valence-electron chi connectivity index (χ4n) is 2.97. The maximum Gasteiger partial charge on any atom is 0.251 e. The maximum absolute atomic E-state index is 12.4. The molecule has 0 saturated carbocycles. The summed E-state index contributed by atoms with van der Waals surface area (Å²) in [7, 11) is 0. The Bertz CT molecular complexity index is 700. The number of anilines is 1. The quantitative estimate of drug-likeness (QED) is 0.896. The summed E-state index contributed by atoms with van der Waals surface area (Å²) in [5.41, 5.74) is 5.70. The van der Waals surface area contributed by atoms with Crippen molar-refractivity contribution in [1.82, 2.24) is 5.32 Å². The van der Waals surface area contributed by atoms with E-state index >= 15 is 0 Å². The summed E-state index contributed by atoms with van der Waals surface area (Å²) < 4.78 is 0. The van der Waals surface area contributed by atoms with E-state index in [1.807, 2.05) is 30.3 Å². The molecular weight excluding hydrogens is 308 g/mol. The number of carbonyl (C=O) groups is 1. The Morgan fingerprint density at radius 2 is 2.04 bits per heavy atom. The van der Waals surface area contributed by atoms with Crippen LogP contribution in [0.4, 0.5) is 5.69 Å². The van der Waals surface area contributed by atoms with Crippen molar-refractivity contribution in [3.63, 3.8) is 0 Å². The van der Waals surface area contributed by atoms with E-state index in [0.29, 0.717) is 0 Å². The fraction of sp³-hybridized carbons (Fsp3) is 0.316. The van der Waals surface area contributed by atoms with E-state index in [-0.39, 0.29) is 24.4 Å². The summed E-state index contributed by atoms with van der Waals surface area (Å²) in [6, 6.07) is 14.3. The number of benzene rings is 2. The van der Waals surface area contributed by atoms with Gasteiger partial charge in [-0.2, -0.15) is 0 Å². The Hall–Kier alpha value is -2.00. The highest BCUT2D eigenvalue weighted by atomic mass is 35.5. The van der Waals surface area contributed by atoms with Gasteiger partial charge in [-0.25, -0.2) is 0 Å². The van der Waals surface area contributed by atoms with Crippen LogP contribution in [-0.4, -0.2) is 18.5 Å². The molecule has 1 aliphatic rings. The van der Waals surface area contributed by atoms with Crippen molar-refractivity contribution in [2.75, 3.05) is 11.9 Å². The van der Waals surface area contributed by atoms with Crippen LogP contribution in [0, 0.1) is 6.92 Å². The second kappa shape index (κ2) is 7.51. The molecule has 23 heavy (non-hydrogen) atoms. The Morgan fingerprint density at radius 3 is 2.83 bits per heavy atom. The second-order valence-electron chi connectivity index (χ2n) is 6.05. The Morgan fingerprint density at radius 1 is 1.26 bits per heavy atom. The minimum absolute atomic E-state index is 0. The number of fused-ring (bicyclic) bond motifs is 1. The monoisotopic (exact) mass is 330 g/mol. The van der Waals surface area contributed by atoms with Crippen LogP contribution in [0.5, 0.6) is 0 Å². The molecule has 1 heterocycles. The summed E-state index contributed by atoms with van der Waals surface area (Å²) in [5.74, 6) is 0.00999. The normalized spacial score (nSPS) is 13.5. The van der Waals surface area contributed by atoms with Crippen molar-refractivity contribution in [3.05, 3.63) is 64.7 Å². The molecule has 122 valence electrons. The van der Waals surface area contributed by atoms with E-state index in [0.717, 1.165) is 30.6 Å². The van der Waals surface area contributed by atoms with Crippen LogP contribution in [0.1, 0.15) is 34.0 Å². The zero-order chi connectivity index (χ0) is 15.5. The van der Waals surface area contributed by atoms with Crippen molar-refractivity contribution < 1.29 is 4.79 Å². The van der Waals surface area contributed by atoms with E-state index < -0.39 is 0 Å². The van der Waals surface area contributed by atoms with Crippen LogP contribution in [0.15, 0.2) is 42.5 Å². The molecule has 0 fully saturated rings. The van der Waals surface area contributed by atoms with Crippen LogP contribution in [0.2, 0.25) is 0 Å². The predicted octanol–water partition coefficient (Wildman–Crippen LogP) is 3.75. The molecule has 0 bridgehead atoms. The number of aryl methyl sites for hydroxylation is 1.